The summed E-state index contributed by atoms with van der Waals surface area (Å²) in [6.45, 7) is 5.37. The van der Waals surface area contributed by atoms with Crippen LogP contribution in [0.4, 0.5) is 0 Å². The number of likely N-dealkylation sites (tertiary alicyclic amines) is 1. The van der Waals surface area contributed by atoms with Crippen LogP contribution in [0.3, 0.4) is 0 Å². The lowest BCUT2D eigenvalue weighted by molar-refractivity contribution is 0.142. The fourth-order valence-corrected chi connectivity index (χ4v) is 3.75. The number of nitrogens with zero attached hydrogens (tertiary/aromatic N) is 3. The smallest absolute Gasteiger partial charge is 0.231 e. The van der Waals surface area contributed by atoms with E-state index in [0.29, 0.717) is 18.3 Å². The molecule has 0 saturated carbocycles. The number of aromatic amines is 1. The quantitative estimate of drug-likeness (QED) is 0.781. The normalized spacial score (nSPS) is 21.8. The Balaban J connectivity index is 1.55. The van der Waals surface area contributed by atoms with Crippen molar-refractivity contribution in [2.45, 2.75) is 19.4 Å². The van der Waals surface area contributed by atoms with E-state index in [4.69, 9.17) is 9.26 Å². The zero-order chi connectivity index (χ0) is 16.5. The third-order valence-electron chi connectivity index (χ3n) is 4.84. The van der Waals surface area contributed by atoms with E-state index in [1.807, 2.05) is 13.1 Å². The standard InChI is InChI=1S/C18H22N4O2/c1-12-20-18(24-21-12)16-10-22(9-14(16)11-23-2)8-13-4-3-5-17-15(13)6-7-19-17/h3-7,14,16,19H,8-11H2,1-2H3/t14-,16+/m0/s1. The van der Waals surface area contributed by atoms with Crippen LogP contribution in [0.5, 0.6) is 0 Å². The molecule has 6 nitrogen and oxygen atoms in total. The van der Waals surface area contributed by atoms with E-state index in [2.05, 4.69) is 44.3 Å². The van der Waals surface area contributed by atoms with E-state index in [1.165, 1.54) is 16.5 Å². The molecule has 1 aromatic carbocycles. The molecule has 2 aromatic heterocycles. The Labute approximate surface area is 140 Å². The zero-order valence-electron chi connectivity index (χ0n) is 14.0. The minimum atomic E-state index is 0.233. The molecule has 126 valence electrons. The molecule has 24 heavy (non-hydrogen) atoms. The molecule has 0 radical (unpaired) electrons. The molecule has 1 saturated heterocycles. The van der Waals surface area contributed by atoms with E-state index < -0.39 is 0 Å². The van der Waals surface area contributed by atoms with Gasteiger partial charge in [0.2, 0.25) is 5.89 Å². The molecule has 1 aliphatic rings. The number of ether oxygens (including phenoxy) is 1. The van der Waals surface area contributed by atoms with E-state index in [0.717, 1.165) is 25.5 Å². The van der Waals surface area contributed by atoms with Crippen molar-refractivity contribution in [1.29, 1.82) is 0 Å². The number of H-pyrrole nitrogens is 1. The highest BCUT2D eigenvalue weighted by Gasteiger charge is 2.37. The maximum absolute atomic E-state index is 5.43. The van der Waals surface area contributed by atoms with Crippen molar-refractivity contribution in [1.82, 2.24) is 20.0 Å². The summed E-state index contributed by atoms with van der Waals surface area (Å²) in [5.74, 6) is 2.03. The first-order valence-electron chi connectivity index (χ1n) is 8.31. The third-order valence-corrected chi connectivity index (χ3v) is 4.84. The van der Waals surface area contributed by atoms with Crippen LogP contribution in [0, 0.1) is 12.8 Å². The number of hydrogen-bond donors (Lipinski definition) is 1. The zero-order valence-corrected chi connectivity index (χ0v) is 14.0. The largest absolute Gasteiger partial charge is 0.384 e. The number of fused-ring (bicyclic) bond motifs is 1. The summed E-state index contributed by atoms with van der Waals surface area (Å²) >= 11 is 0. The summed E-state index contributed by atoms with van der Waals surface area (Å²) in [5, 5.41) is 5.24. The predicted molar refractivity (Wildman–Crippen MR) is 90.7 cm³/mol. The van der Waals surface area contributed by atoms with Gasteiger partial charge in [-0.2, -0.15) is 4.98 Å². The molecule has 3 heterocycles. The van der Waals surface area contributed by atoms with Crippen molar-refractivity contribution >= 4 is 10.9 Å². The molecular weight excluding hydrogens is 304 g/mol. The van der Waals surface area contributed by atoms with Gasteiger partial charge in [0.25, 0.3) is 0 Å². The van der Waals surface area contributed by atoms with Crippen molar-refractivity contribution in [2.75, 3.05) is 26.8 Å². The Morgan fingerprint density at radius 2 is 2.25 bits per heavy atom. The van der Waals surface area contributed by atoms with Gasteiger partial charge in [-0.15, -0.1) is 0 Å². The van der Waals surface area contributed by atoms with Gasteiger partial charge in [0.1, 0.15) is 0 Å². The Morgan fingerprint density at radius 3 is 3.04 bits per heavy atom. The van der Waals surface area contributed by atoms with Gasteiger partial charge >= 0.3 is 0 Å². The van der Waals surface area contributed by atoms with Gasteiger partial charge in [0, 0.05) is 49.8 Å². The Morgan fingerprint density at radius 1 is 1.33 bits per heavy atom. The summed E-state index contributed by atoms with van der Waals surface area (Å²) < 4.78 is 10.9. The van der Waals surface area contributed by atoms with E-state index in [-0.39, 0.29) is 5.92 Å². The number of benzene rings is 1. The van der Waals surface area contributed by atoms with Crippen molar-refractivity contribution in [3.05, 3.63) is 47.7 Å². The lowest BCUT2D eigenvalue weighted by Gasteiger charge is -2.16. The third kappa shape index (κ3) is 2.83. The SMILES string of the molecule is COC[C@@H]1CN(Cc2cccc3[nH]ccc23)C[C@H]1c1nc(C)no1. The van der Waals surface area contributed by atoms with Crippen LogP contribution in [-0.2, 0) is 11.3 Å². The highest BCUT2D eigenvalue weighted by atomic mass is 16.5. The van der Waals surface area contributed by atoms with Crippen LogP contribution in [0.1, 0.15) is 23.2 Å². The minimum Gasteiger partial charge on any atom is -0.384 e. The maximum atomic E-state index is 5.43. The fraction of sp³-hybridized carbons (Fsp3) is 0.444. The molecule has 0 spiro atoms. The Kier molecular flexibility index (Phi) is 4.08. The number of methoxy groups -OCH3 is 1. The van der Waals surface area contributed by atoms with Gasteiger partial charge in [-0.05, 0) is 24.6 Å². The van der Waals surface area contributed by atoms with Crippen molar-refractivity contribution in [2.24, 2.45) is 5.92 Å². The van der Waals surface area contributed by atoms with Gasteiger partial charge < -0.3 is 14.2 Å². The van der Waals surface area contributed by atoms with Crippen LogP contribution in [0.15, 0.2) is 35.0 Å². The molecule has 0 amide bonds. The van der Waals surface area contributed by atoms with Gasteiger partial charge in [0.05, 0.1) is 12.5 Å². The highest BCUT2D eigenvalue weighted by molar-refractivity contribution is 5.82. The van der Waals surface area contributed by atoms with Crippen LogP contribution in [0.25, 0.3) is 10.9 Å². The summed E-state index contributed by atoms with van der Waals surface area (Å²) in [6.07, 6.45) is 2.00. The van der Waals surface area contributed by atoms with Gasteiger partial charge in [-0.25, -0.2) is 0 Å². The first-order chi connectivity index (χ1) is 11.7. The van der Waals surface area contributed by atoms with E-state index in [9.17, 15) is 0 Å². The molecule has 0 bridgehead atoms. The maximum Gasteiger partial charge on any atom is 0.231 e. The van der Waals surface area contributed by atoms with Crippen LogP contribution >= 0.6 is 0 Å². The molecule has 4 rings (SSSR count). The Hall–Kier alpha value is -2.18. The van der Waals surface area contributed by atoms with Gasteiger partial charge in [0.15, 0.2) is 5.82 Å². The molecule has 0 aliphatic carbocycles. The van der Waals surface area contributed by atoms with Crippen molar-refractivity contribution < 1.29 is 9.26 Å². The second-order valence-corrected chi connectivity index (χ2v) is 6.55. The molecule has 2 atom stereocenters. The second-order valence-electron chi connectivity index (χ2n) is 6.55. The van der Waals surface area contributed by atoms with Crippen molar-refractivity contribution in [3.8, 4) is 0 Å². The monoisotopic (exact) mass is 326 g/mol. The number of rotatable bonds is 5. The number of nitrogens with one attached hydrogen (secondary N) is 1. The molecule has 3 aromatic rings. The summed E-state index contributed by atoms with van der Waals surface area (Å²) in [4.78, 5) is 10.2. The topological polar surface area (TPSA) is 67.2 Å². The second kappa shape index (κ2) is 6.37. The Bertz CT molecular complexity index is 825. The van der Waals surface area contributed by atoms with Crippen LogP contribution in [-0.4, -0.2) is 46.8 Å². The lowest BCUT2D eigenvalue weighted by Crippen LogP contribution is -2.21. The van der Waals surface area contributed by atoms with Gasteiger partial charge in [-0.3, -0.25) is 4.90 Å². The fourth-order valence-electron chi connectivity index (χ4n) is 3.75. The molecule has 1 fully saturated rings. The number of aryl methyl sites for hydroxylation is 1. The molecule has 6 heteroatoms. The summed E-state index contributed by atoms with van der Waals surface area (Å²) in [7, 11) is 1.75. The summed E-state index contributed by atoms with van der Waals surface area (Å²) in [5.41, 5.74) is 2.52. The average Bonchev–Trinajstić information content (AvgIpc) is 3.28. The lowest BCUT2D eigenvalue weighted by atomic mass is 9.97. The first-order valence-corrected chi connectivity index (χ1v) is 8.31. The molecule has 0 unspecified atom stereocenters. The highest BCUT2D eigenvalue weighted by Crippen LogP contribution is 2.33. The first kappa shape index (κ1) is 15.4. The van der Waals surface area contributed by atoms with Crippen LogP contribution < -0.4 is 0 Å². The molecular formula is C18H22N4O2. The average molecular weight is 326 g/mol. The molecule has 1 aliphatic heterocycles. The molecule has 1 N–H and O–H groups in total. The summed E-state index contributed by atoms with van der Waals surface area (Å²) in [6, 6.07) is 8.56. The number of aromatic nitrogens is 3. The number of hydrogen-bond acceptors (Lipinski definition) is 5. The van der Waals surface area contributed by atoms with E-state index in [1.54, 1.807) is 7.11 Å². The van der Waals surface area contributed by atoms with Crippen molar-refractivity contribution in [3.63, 3.8) is 0 Å². The minimum absolute atomic E-state index is 0.233. The van der Waals surface area contributed by atoms with Gasteiger partial charge in [-0.1, -0.05) is 17.3 Å². The predicted octanol–water partition coefficient (Wildman–Crippen LogP) is 2.72. The van der Waals surface area contributed by atoms with Crippen LogP contribution in [0.2, 0.25) is 0 Å². The van der Waals surface area contributed by atoms with E-state index >= 15 is 0 Å².